The van der Waals surface area contributed by atoms with Gasteiger partial charge < -0.3 is 9.64 Å². The van der Waals surface area contributed by atoms with Gasteiger partial charge in [-0.1, -0.05) is 65.7 Å². The van der Waals surface area contributed by atoms with E-state index in [0.717, 1.165) is 12.0 Å². The molecule has 4 rings (SSSR count). The predicted molar refractivity (Wildman–Crippen MR) is 118 cm³/mol. The number of ether oxygens (including phenoxy) is 1. The van der Waals surface area contributed by atoms with Crippen LogP contribution in [0.25, 0.3) is 0 Å². The summed E-state index contributed by atoms with van der Waals surface area (Å²) in [5.74, 6) is -0.709. The first-order chi connectivity index (χ1) is 14.5. The number of carbonyl (C=O) groups excluding carboxylic acids is 2. The average molecular weight is 440 g/mol. The monoisotopic (exact) mass is 439 g/mol. The van der Waals surface area contributed by atoms with Crippen molar-refractivity contribution in [2.75, 3.05) is 11.4 Å². The summed E-state index contributed by atoms with van der Waals surface area (Å²) >= 11 is 12.2. The Morgan fingerprint density at radius 3 is 2.40 bits per heavy atom. The highest BCUT2D eigenvalue weighted by Gasteiger charge is 2.37. The van der Waals surface area contributed by atoms with Crippen LogP contribution in [0, 0.1) is 5.92 Å². The van der Waals surface area contributed by atoms with Crippen molar-refractivity contribution in [1.82, 2.24) is 0 Å². The molecule has 0 bridgehead atoms. The predicted octanol–water partition coefficient (Wildman–Crippen LogP) is 5.54. The van der Waals surface area contributed by atoms with E-state index in [2.05, 4.69) is 12.1 Å². The minimum absolute atomic E-state index is 0.0771. The second kappa shape index (κ2) is 8.90. The van der Waals surface area contributed by atoms with Crippen LogP contribution in [0.1, 0.15) is 17.5 Å². The molecular formula is C24H19Cl2NO3. The van der Waals surface area contributed by atoms with E-state index in [9.17, 15) is 9.59 Å². The molecule has 0 aromatic heterocycles. The molecule has 1 saturated heterocycles. The Labute approximate surface area is 185 Å². The number of anilines is 1. The number of amides is 1. The van der Waals surface area contributed by atoms with E-state index in [1.807, 2.05) is 30.3 Å². The van der Waals surface area contributed by atoms with Gasteiger partial charge in [-0.25, -0.2) is 0 Å². The molecule has 3 aromatic rings. The van der Waals surface area contributed by atoms with Crippen LogP contribution in [0.3, 0.4) is 0 Å². The quantitative estimate of drug-likeness (QED) is 0.387. The van der Waals surface area contributed by atoms with Gasteiger partial charge >= 0.3 is 5.97 Å². The summed E-state index contributed by atoms with van der Waals surface area (Å²) in [5.41, 5.74) is 2.85. The topological polar surface area (TPSA) is 46.6 Å². The van der Waals surface area contributed by atoms with Crippen molar-refractivity contribution in [3.8, 4) is 5.75 Å². The molecule has 6 heteroatoms. The molecule has 4 nitrogen and oxygen atoms in total. The molecule has 1 amide bonds. The van der Waals surface area contributed by atoms with Crippen LogP contribution in [-0.4, -0.2) is 18.4 Å². The van der Waals surface area contributed by atoms with Crippen molar-refractivity contribution < 1.29 is 14.3 Å². The maximum absolute atomic E-state index is 12.6. The van der Waals surface area contributed by atoms with E-state index in [0.29, 0.717) is 21.5 Å². The average Bonchev–Trinajstić information content (AvgIpc) is 3.14. The number of hydrogen-bond acceptors (Lipinski definition) is 3. The van der Waals surface area contributed by atoms with Crippen LogP contribution < -0.4 is 9.64 Å². The number of esters is 1. The fraction of sp³-hybridized carbons (Fsp3) is 0.167. The van der Waals surface area contributed by atoms with Gasteiger partial charge in [0.1, 0.15) is 5.75 Å². The van der Waals surface area contributed by atoms with Gasteiger partial charge in [0.15, 0.2) is 0 Å². The normalized spacial score (nSPS) is 16.0. The highest BCUT2D eigenvalue weighted by Crippen LogP contribution is 2.34. The summed E-state index contributed by atoms with van der Waals surface area (Å²) in [5, 5.41) is 0.889. The molecule has 30 heavy (non-hydrogen) atoms. The Bertz CT molecular complexity index is 1070. The maximum Gasteiger partial charge on any atom is 0.316 e. The molecule has 1 aliphatic heterocycles. The van der Waals surface area contributed by atoms with Gasteiger partial charge in [-0.05, 0) is 47.9 Å². The molecular weight excluding hydrogens is 421 g/mol. The van der Waals surface area contributed by atoms with E-state index in [4.69, 9.17) is 27.9 Å². The lowest BCUT2D eigenvalue weighted by molar-refractivity contribution is -0.139. The highest BCUT2D eigenvalue weighted by molar-refractivity contribution is 6.35. The third kappa shape index (κ3) is 4.66. The first kappa shape index (κ1) is 20.5. The van der Waals surface area contributed by atoms with Crippen molar-refractivity contribution in [3.63, 3.8) is 0 Å². The van der Waals surface area contributed by atoms with E-state index in [1.54, 1.807) is 30.3 Å². The number of halogens is 2. The minimum atomic E-state index is -0.559. The van der Waals surface area contributed by atoms with E-state index in [1.165, 1.54) is 10.5 Å². The van der Waals surface area contributed by atoms with Crippen LogP contribution >= 0.6 is 23.2 Å². The van der Waals surface area contributed by atoms with E-state index < -0.39 is 11.9 Å². The summed E-state index contributed by atoms with van der Waals surface area (Å²) in [6.45, 7) is 0.212. The lowest BCUT2D eigenvalue weighted by Crippen LogP contribution is -2.27. The fourth-order valence-electron chi connectivity index (χ4n) is 3.50. The molecule has 1 fully saturated rings. The van der Waals surface area contributed by atoms with Crippen LogP contribution in [0.2, 0.25) is 10.0 Å². The second-order valence-electron chi connectivity index (χ2n) is 7.23. The van der Waals surface area contributed by atoms with Crippen LogP contribution in [0.5, 0.6) is 5.75 Å². The Hall–Kier alpha value is -2.82. The molecule has 0 N–H and O–H groups in total. The Morgan fingerprint density at radius 2 is 1.67 bits per heavy atom. The second-order valence-corrected chi connectivity index (χ2v) is 8.07. The van der Waals surface area contributed by atoms with Gasteiger partial charge in [-0.2, -0.15) is 0 Å². The van der Waals surface area contributed by atoms with Crippen molar-refractivity contribution in [1.29, 1.82) is 0 Å². The summed E-state index contributed by atoms with van der Waals surface area (Å²) in [7, 11) is 0. The minimum Gasteiger partial charge on any atom is -0.426 e. The Kier molecular flexibility index (Phi) is 6.07. The zero-order valence-electron chi connectivity index (χ0n) is 16.1. The first-order valence-corrected chi connectivity index (χ1v) is 10.3. The summed E-state index contributed by atoms with van der Waals surface area (Å²) in [6.07, 6.45) is 0.884. The van der Waals surface area contributed by atoms with Gasteiger partial charge in [0.05, 0.1) is 16.6 Å². The van der Waals surface area contributed by atoms with Gasteiger partial charge in [-0.3, -0.25) is 9.59 Å². The third-order valence-corrected chi connectivity index (χ3v) is 5.60. The molecule has 0 spiro atoms. The van der Waals surface area contributed by atoms with E-state index in [-0.39, 0.29) is 18.9 Å². The highest BCUT2D eigenvalue weighted by atomic mass is 35.5. The number of rotatable bonds is 5. The van der Waals surface area contributed by atoms with E-state index >= 15 is 0 Å². The van der Waals surface area contributed by atoms with Crippen molar-refractivity contribution in [2.45, 2.75) is 12.8 Å². The zero-order valence-corrected chi connectivity index (χ0v) is 17.6. The SMILES string of the molecule is O=C(Oc1ccc(Cc2ccccc2)cc1)[C@@H]1CC(=O)N(c2cc(Cl)ccc2Cl)C1. The fourth-order valence-corrected chi connectivity index (χ4v) is 3.88. The molecule has 3 aromatic carbocycles. The molecule has 1 aliphatic rings. The Morgan fingerprint density at radius 1 is 0.967 bits per heavy atom. The summed E-state index contributed by atoms with van der Waals surface area (Å²) < 4.78 is 5.51. The lowest BCUT2D eigenvalue weighted by Gasteiger charge is -2.18. The van der Waals surface area contributed by atoms with Crippen LogP contribution in [-0.2, 0) is 16.0 Å². The van der Waals surface area contributed by atoms with Gasteiger partial charge in [0.25, 0.3) is 0 Å². The van der Waals surface area contributed by atoms with Crippen LogP contribution in [0.4, 0.5) is 5.69 Å². The number of carbonyl (C=O) groups is 2. The standard InChI is InChI=1S/C24H19Cl2NO3/c25-19-8-11-21(26)22(14-19)27-15-18(13-23(27)28)24(29)30-20-9-6-17(7-10-20)12-16-4-2-1-3-5-16/h1-11,14,18H,12-13,15H2/t18-/m1/s1. The Balaban J connectivity index is 1.39. The lowest BCUT2D eigenvalue weighted by atomic mass is 10.1. The molecule has 0 unspecified atom stereocenters. The summed E-state index contributed by atoms with van der Waals surface area (Å²) in [4.78, 5) is 26.5. The van der Waals surface area contributed by atoms with Crippen molar-refractivity contribution >= 4 is 40.8 Å². The number of benzene rings is 3. The molecule has 1 atom stereocenters. The molecule has 0 saturated carbocycles. The molecule has 0 aliphatic carbocycles. The maximum atomic E-state index is 12.6. The van der Waals surface area contributed by atoms with Gasteiger partial charge in [0.2, 0.25) is 5.91 Å². The largest absolute Gasteiger partial charge is 0.426 e. The van der Waals surface area contributed by atoms with Gasteiger partial charge in [-0.15, -0.1) is 0 Å². The molecule has 152 valence electrons. The summed E-state index contributed by atoms with van der Waals surface area (Å²) in [6, 6.07) is 22.5. The van der Waals surface area contributed by atoms with Gasteiger partial charge in [0, 0.05) is 18.0 Å². The van der Waals surface area contributed by atoms with Crippen LogP contribution in [0.15, 0.2) is 72.8 Å². The molecule has 1 heterocycles. The third-order valence-electron chi connectivity index (χ3n) is 5.05. The first-order valence-electron chi connectivity index (χ1n) is 9.59. The van der Waals surface area contributed by atoms with Crippen molar-refractivity contribution in [2.24, 2.45) is 5.92 Å². The molecule has 0 radical (unpaired) electrons. The number of nitrogens with zero attached hydrogens (tertiary/aromatic N) is 1. The zero-order chi connectivity index (χ0) is 21.1. The number of hydrogen-bond donors (Lipinski definition) is 0. The van der Waals surface area contributed by atoms with Crippen molar-refractivity contribution in [3.05, 3.63) is 94.0 Å². The smallest absolute Gasteiger partial charge is 0.316 e.